The summed E-state index contributed by atoms with van der Waals surface area (Å²) in [6.07, 6.45) is 0.754. The number of hydrogen-bond acceptors (Lipinski definition) is 4. The van der Waals surface area contributed by atoms with Crippen molar-refractivity contribution < 1.29 is 14.3 Å². The number of nitrogens with zero attached hydrogens (tertiary/aromatic N) is 1. The van der Waals surface area contributed by atoms with Gasteiger partial charge in [0, 0.05) is 18.5 Å². The molecule has 2 aromatic rings. The molecule has 24 heavy (non-hydrogen) atoms. The Kier molecular flexibility index (Phi) is 5.25. The predicted octanol–water partition coefficient (Wildman–Crippen LogP) is 3.46. The van der Waals surface area contributed by atoms with Gasteiger partial charge in [-0.15, -0.1) is 11.3 Å². The van der Waals surface area contributed by atoms with E-state index in [0.29, 0.717) is 19.8 Å². The van der Waals surface area contributed by atoms with Gasteiger partial charge in [0.2, 0.25) is 0 Å². The third kappa shape index (κ3) is 3.82. The van der Waals surface area contributed by atoms with Gasteiger partial charge in [0.15, 0.2) is 11.5 Å². The van der Waals surface area contributed by atoms with Crippen molar-refractivity contribution in [2.45, 2.75) is 19.4 Å². The van der Waals surface area contributed by atoms with E-state index in [9.17, 15) is 4.79 Å². The Morgan fingerprint density at radius 3 is 2.83 bits per heavy atom. The molecule has 0 radical (unpaired) electrons. The molecular formula is C18H22N2O3S. The molecule has 128 valence electrons. The van der Waals surface area contributed by atoms with Crippen LogP contribution in [-0.4, -0.2) is 37.7 Å². The van der Waals surface area contributed by atoms with Gasteiger partial charge in [-0.2, -0.15) is 0 Å². The summed E-state index contributed by atoms with van der Waals surface area (Å²) in [5.41, 5.74) is 1.12. The maximum Gasteiger partial charge on any atom is 0.317 e. The van der Waals surface area contributed by atoms with Crippen LogP contribution in [0.2, 0.25) is 0 Å². The number of nitrogens with one attached hydrogen (secondary N) is 1. The van der Waals surface area contributed by atoms with Gasteiger partial charge < -0.3 is 19.7 Å². The van der Waals surface area contributed by atoms with Crippen LogP contribution < -0.4 is 14.8 Å². The van der Waals surface area contributed by atoms with E-state index in [0.717, 1.165) is 23.5 Å². The molecule has 0 saturated heterocycles. The van der Waals surface area contributed by atoms with E-state index in [-0.39, 0.29) is 12.1 Å². The van der Waals surface area contributed by atoms with E-state index in [1.807, 2.05) is 49.7 Å². The highest BCUT2D eigenvalue weighted by Gasteiger charge is 2.17. The molecule has 6 heteroatoms. The lowest BCUT2D eigenvalue weighted by Crippen LogP contribution is -2.39. The van der Waals surface area contributed by atoms with Crippen molar-refractivity contribution in [3.05, 3.63) is 46.2 Å². The van der Waals surface area contributed by atoms with Crippen molar-refractivity contribution in [3.63, 3.8) is 0 Å². The predicted molar refractivity (Wildman–Crippen MR) is 95.0 cm³/mol. The summed E-state index contributed by atoms with van der Waals surface area (Å²) in [5.74, 6) is 1.58. The van der Waals surface area contributed by atoms with E-state index in [1.54, 1.807) is 16.2 Å². The molecule has 5 nitrogen and oxygen atoms in total. The van der Waals surface area contributed by atoms with Crippen LogP contribution in [0.5, 0.6) is 11.5 Å². The van der Waals surface area contributed by atoms with Crippen LogP contribution in [0.1, 0.15) is 23.4 Å². The molecule has 0 saturated carbocycles. The number of hydrogen-bond donors (Lipinski definition) is 1. The second-order valence-electron chi connectivity index (χ2n) is 5.76. The van der Waals surface area contributed by atoms with Crippen molar-refractivity contribution in [1.29, 1.82) is 0 Å². The van der Waals surface area contributed by atoms with Crippen LogP contribution in [0.4, 0.5) is 4.79 Å². The van der Waals surface area contributed by atoms with Gasteiger partial charge in [-0.25, -0.2) is 4.79 Å². The van der Waals surface area contributed by atoms with Crippen molar-refractivity contribution in [1.82, 2.24) is 10.2 Å². The number of benzene rings is 1. The number of urea groups is 1. The minimum atomic E-state index is -0.0616. The summed E-state index contributed by atoms with van der Waals surface area (Å²) < 4.78 is 11.1. The molecule has 1 atom stereocenters. The SMILES string of the molecule is CC(c1cccs1)N(C)C(=O)NCCc1ccc2c(c1)OCCO2. The molecule has 1 unspecified atom stereocenters. The highest BCUT2D eigenvalue weighted by molar-refractivity contribution is 7.10. The number of fused-ring (bicyclic) bond motifs is 1. The maximum atomic E-state index is 12.3. The Labute approximate surface area is 146 Å². The number of thiophene rings is 1. The van der Waals surface area contributed by atoms with E-state index >= 15 is 0 Å². The van der Waals surface area contributed by atoms with Crippen molar-refractivity contribution in [2.24, 2.45) is 0 Å². The molecule has 3 rings (SSSR count). The smallest absolute Gasteiger partial charge is 0.317 e. The van der Waals surface area contributed by atoms with Crippen LogP contribution >= 0.6 is 11.3 Å². The monoisotopic (exact) mass is 346 g/mol. The fourth-order valence-corrected chi connectivity index (χ4v) is 3.40. The van der Waals surface area contributed by atoms with Crippen LogP contribution in [0.15, 0.2) is 35.7 Å². The second-order valence-corrected chi connectivity index (χ2v) is 6.74. The first-order valence-electron chi connectivity index (χ1n) is 8.08. The van der Waals surface area contributed by atoms with Crippen LogP contribution in [-0.2, 0) is 6.42 Å². The van der Waals surface area contributed by atoms with Crippen molar-refractivity contribution in [2.75, 3.05) is 26.8 Å². The standard InChI is InChI=1S/C18H22N2O3S/c1-13(17-4-3-11-24-17)20(2)18(21)19-8-7-14-5-6-15-16(12-14)23-10-9-22-15/h3-6,11-13H,7-10H2,1-2H3,(H,19,21). The fourth-order valence-electron chi connectivity index (χ4n) is 2.58. The van der Waals surface area contributed by atoms with Crippen LogP contribution in [0.25, 0.3) is 0 Å². The van der Waals surface area contributed by atoms with Gasteiger partial charge in [0.1, 0.15) is 13.2 Å². The zero-order valence-corrected chi connectivity index (χ0v) is 14.8. The van der Waals surface area contributed by atoms with Gasteiger partial charge in [0.25, 0.3) is 0 Å². The lowest BCUT2D eigenvalue weighted by atomic mass is 10.1. The largest absolute Gasteiger partial charge is 0.486 e. The normalized spacial score (nSPS) is 14.1. The van der Waals surface area contributed by atoms with Gasteiger partial charge in [-0.1, -0.05) is 12.1 Å². The number of carbonyl (C=O) groups is 1. The molecule has 1 aliphatic rings. The third-order valence-corrected chi connectivity index (χ3v) is 5.20. The molecule has 2 heterocycles. The molecule has 0 bridgehead atoms. The third-order valence-electron chi connectivity index (χ3n) is 4.15. The Morgan fingerprint density at radius 1 is 1.29 bits per heavy atom. The van der Waals surface area contributed by atoms with Gasteiger partial charge in [0.05, 0.1) is 6.04 Å². The summed E-state index contributed by atoms with van der Waals surface area (Å²) in [6, 6.07) is 9.98. The van der Waals surface area contributed by atoms with E-state index in [4.69, 9.17) is 9.47 Å². The van der Waals surface area contributed by atoms with Gasteiger partial charge in [-0.3, -0.25) is 0 Å². The molecular weight excluding hydrogens is 324 g/mol. The Hall–Kier alpha value is -2.21. The summed E-state index contributed by atoms with van der Waals surface area (Å²) in [6.45, 7) is 3.79. The summed E-state index contributed by atoms with van der Waals surface area (Å²) in [5, 5.41) is 5.00. The molecule has 1 aliphatic heterocycles. The van der Waals surface area contributed by atoms with Crippen LogP contribution in [0.3, 0.4) is 0 Å². The maximum absolute atomic E-state index is 12.3. The quantitative estimate of drug-likeness (QED) is 0.902. The zero-order valence-electron chi connectivity index (χ0n) is 14.0. The highest BCUT2D eigenvalue weighted by Crippen LogP contribution is 2.30. The average Bonchev–Trinajstić information content (AvgIpc) is 3.15. The minimum Gasteiger partial charge on any atom is -0.486 e. The first-order chi connectivity index (χ1) is 11.6. The Bertz CT molecular complexity index is 688. The number of ether oxygens (including phenoxy) is 2. The molecule has 1 aromatic carbocycles. The zero-order chi connectivity index (χ0) is 16.9. The van der Waals surface area contributed by atoms with Gasteiger partial charge in [-0.05, 0) is 42.5 Å². The molecule has 1 aromatic heterocycles. The molecule has 1 N–H and O–H groups in total. The lowest BCUT2D eigenvalue weighted by molar-refractivity contribution is 0.171. The number of amides is 2. The Morgan fingerprint density at radius 2 is 2.08 bits per heavy atom. The summed E-state index contributed by atoms with van der Waals surface area (Å²) in [7, 11) is 1.82. The highest BCUT2D eigenvalue weighted by atomic mass is 32.1. The van der Waals surface area contributed by atoms with E-state index in [2.05, 4.69) is 5.32 Å². The molecule has 0 spiro atoms. The minimum absolute atomic E-state index is 0.0616. The molecule has 0 fully saturated rings. The molecule has 2 amide bonds. The van der Waals surface area contributed by atoms with Crippen molar-refractivity contribution in [3.8, 4) is 11.5 Å². The fraction of sp³-hybridized carbons (Fsp3) is 0.389. The summed E-state index contributed by atoms with van der Waals surface area (Å²) >= 11 is 1.66. The first-order valence-corrected chi connectivity index (χ1v) is 8.95. The van der Waals surface area contributed by atoms with E-state index in [1.165, 1.54) is 4.88 Å². The van der Waals surface area contributed by atoms with Gasteiger partial charge >= 0.3 is 6.03 Å². The Balaban J connectivity index is 1.50. The lowest BCUT2D eigenvalue weighted by Gasteiger charge is -2.24. The number of carbonyl (C=O) groups excluding carboxylic acids is 1. The van der Waals surface area contributed by atoms with E-state index < -0.39 is 0 Å². The molecule has 0 aliphatic carbocycles. The topological polar surface area (TPSA) is 50.8 Å². The van der Waals surface area contributed by atoms with Crippen LogP contribution in [0, 0.1) is 0 Å². The number of rotatable bonds is 5. The van der Waals surface area contributed by atoms with Crippen molar-refractivity contribution >= 4 is 17.4 Å². The summed E-state index contributed by atoms with van der Waals surface area (Å²) in [4.78, 5) is 15.2. The average molecular weight is 346 g/mol. The second kappa shape index (κ2) is 7.57. The first kappa shape index (κ1) is 16.6.